The molecule has 2 unspecified atom stereocenters. The molecule has 2 aliphatic rings. The molecule has 142 valence electrons. The fraction of sp³-hybridized carbons (Fsp3) is 0.571. The van der Waals surface area contributed by atoms with Crippen molar-refractivity contribution in [3.8, 4) is 6.07 Å². The Balaban J connectivity index is 1.41. The third kappa shape index (κ3) is 4.05. The highest BCUT2D eigenvalue weighted by Crippen LogP contribution is 2.29. The number of ether oxygens (including phenoxy) is 1. The Morgan fingerprint density at radius 1 is 1.11 bits per heavy atom. The Morgan fingerprint density at radius 3 is 2.56 bits per heavy atom. The number of rotatable bonds is 3. The van der Waals surface area contributed by atoms with Crippen LogP contribution in [0.15, 0.2) is 24.5 Å². The Kier molecular flexibility index (Phi) is 5.24. The lowest BCUT2D eigenvalue weighted by molar-refractivity contribution is -0.0842. The van der Waals surface area contributed by atoms with Crippen LogP contribution in [0.3, 0.4) is 0 Å². The summed E-state index contributed by atoms with van der Waals surface area (Å²) in [5, 5.41) is 13.7. The molecule has 1 aliphatic heterocycles. The lowest BCUT2D eigenvalue weighted by Crippen LogP contribution is -2.51. The molecule has 6 heteroatoms. The smallest absolute Gasteiger partial charge is 0.137 e. The van der Waals surface area contributed by atoms with Gasteiger partial charge in [0.25, 0.3) is 0 Å². The summed E-state index contributed by atoms with van der Waals surface area (Å²) in [5.74, 6) is 0.842. The fourth-order valence-electron chi connectivity index (χ4n) is 4.54. The van der Waals surface area contributed by atoms with E-state index in [-0.39, 0.29) is 0 Å². The second kappa shape index (κ2) is 7.79. The summed E-state index contributed by atoms with van der Waals surface area (Å²) >= 11 is 0. The maximum atomic E-state index is 9.17. The van der Waals surface area contributed by atoms with Crippen molar-refractivity contribution in [1.82, 2.24) is 14.9 Å². The van der Waals surface area contributed by atoms with Crippen molar-refractivity contribution < 1.29 is 4.74 Å². The molecule has 1 saturated heterocycles. The zero-order valence-electron chi connectivity index (χ0n) is 16.1. The first-order valence-corrected chi connectivity index (χ1v) is 9.93. The molecule has 1 aromatic heterocycles. The molecule has 2 atom stereocenters. The summed E-state index contributed by atoms with van der Waals surface area (Å²) < 4.78 is 5.88. The van der Waals surface area contributed by atoms with E-state index >= 15 is 0 Å². The summed E-state index contributed by atoms with van der Waals surface area (Å²) in [5.41, 5.74) is 1.51. The normalized spacial score (nSPS) is 29.4. The van der Waals surface area contributed by atoms with Crippen molar-refractivity contribution >= 4 is 16.7 Å². The molecule has 0 radical (unpaired) electrons. The van der Waals surface area contributed by atoms with Gasteiger partial charge in [0, 0.05) is 30.6 Å². The largest absolute Gasteiger partial charge is 0.373 e. The molecule has 4 rings (SSSR count). The summed E-state index contributed by atoms with van der Waals surface area (Å²) in [6, 6.07) is 8.84. The van der Waals surface area contributed by atoms with Crippen LogP contribution in [0.1, 0.15) is 45.1 Å². The molecule has 1 saturated carbocycles. The number of morpholine rings is 1. The molecule has 2 fully saturated rings. The number of nitrogens with zero attached hydrogens (tertiary/aromatic N) is 4. The first kappa shape index (κ1) is 18.1. The van der Waals surface area contributed by atoms with Crippen molar-refractivity contribution in [1.29, 1.82) is 5.26 Å². The van der Waals surface area contributed by atoms with Gasteiger partial charge >= 0.3 is 0 Å². The van der Waals surface area contributed by atoms with Crippen LogP contribution >= 0.6 is 0 Å². The minimum atomic E-state index is 0.325. The molecule has 27 heavy (non-hydrogen) atoms. The molecule has 6 nitrogen and oxygen atoms in total. The maximum Gasteiger partial charge on any atom is 0.137 e. The number of nitrogens with one attached hydrogen (secondary N) is 1. The molecule has 2 heterocycles. The van der Waals surface area contributed by atoms with Gasteiger partial charge in [-0.25, -0.2) is 9.97 Å². The van der Waals surface area contributed by atoms with E-state index in [0.29, 0.717) is 29.9 Å². The van der Waals surface area contributed by atoms with Crippen molar-refractivity contribution in [2.75, 3.05) is 18.4 Å². The van der Waals surface area contributed by atoms with E-state index in [9.17, 15) is 5.26 Å². The molecule has 2 aromatic rings. The maximum absolute atomic E-state index is 9.17. The number of fused-ring (bicyclic) bond motifs is 1. The quantitative estimate of drug-likeness (QED) is 0.899. The van der Waals surface area contributed by atoms with Gasteiger partial charge in [-0.05, 0) is 57.7 Å². The summed E-state index contributed by atoms with van der Waals surface area (Å²) in [7, 11) is 0. The van der Waals surface area contributed by atoms with Crippen molar-refractivity contribution in [2.45, 2.75) is 63.8 Å². The van der Waals surface area contributed by atoms with Gasteiger partial charge in [0.05, 0.1) is 29.4 Å². The van der Waals surface area contributed by atoms with Crippen LogP contribution in [0.25, 0.3) is 10.9 Å². The van der Waals surface area contributed by atoms with Crippen molar-refractivity contribution in [3.63, 3.8) is 0 Å². The lowest BCUT2D eigenvalue weighted by Gasteiger charge is -2.43. The van der Waals surface area contributed by atoms with E-state index in [2.05, 4.69) is 40.1 Å². The number of hydrogen-bond donors (Lipinski definition) is 1. The van der Waals surface area contributed by atoms with Gasteiger partial charge in [0.2, 0.25) is 0 Å². The zero-order chi connectivity index (χ0) is 18.8. The van der Waals surface area contributed by atoms with Gasteiger partial charge in [-0.2, -0.15) is 5.26 Å². The van der Waals surface area contributed by atoms with E-state index in [0.717, 1.165) is 42.7 Å². The van der Waals surface area contributed by atoms with Gasteiger partial charge in [0.1, 0.15) is 12.1 Å². The minimum absolute atomic E-state index is 0.325. The Bertz CT molecular complexity index is 830. The van der Waals surface area contributed by atoms with Crippen molar-refractivity contribution in [3.05, 3.63) is 30.1 Å². The third-order valence-corrected chi connectivity index (χ3v) is 5.77. The lowest BCUT2D eigenvalue weighted by atomic mass is 9.89. The van der Waals surface area contributed by atoms with Crippen LogP contribution in [0.5, 0.6) is 0 Å². The second-order valence-corrected chi connectivity index (χ2v) is 7.93. The monoisotopic (exact) mass is 365 g/mol. The summed E-state index contributed by atoms with van der Waals surface area (Å²) in [6.07, 6.45) is 6.91. The molecule has 0 bridgehead atoms. The molecule has 1 aliphatic carbocycles. The van der Waals surface area contributed by atoms with Crippen LogP contribution < -0.4 is 5.32 Å². The average Bonchev–Trinajstić information content (AvgIpc) is 2.68. The Hall–Kier alpha value is -2.23. The minimum Gasteiger partial charge on any atom is -0.373 e. The molecule has 0 amide bonds. The number of nitriles is 1. The SMILES string of the molecule is CC1CN([C@H]2CC[C@H](Nc3ncnc4ccc(C#N)cc34)CC2)CC(C)O1. The highest BCUT2D eigenvalue weighted by molar-refractivity contribution is 5.89. The molecular formula is C21H27N5O. The van der Waals surface area contributed by atoms with Crippen LogP contribution in [0.4, 0.5) is 5.82 Å². The zero-order valence-corrected chi connectivity index (χ0v) is 16.1. The predicted molar refractivity (Wildman–Crippen MR) is 106 cm³/mol. The van der Waals surface area contributed by atoms with Gasteiger partial charge in [-0.1, -0.05) is 0 Å². The predicted octanol–water partition coefficient (Wildman–Crippen LogP) is 3.33. The van der Waals surface area contributed by atoms with Crippen LogP contribution in [-0.2, 0) is 4.74 Å². The van der Waals surface area contributed by atoms with E-state index in [1.807, 2.05) is 12.1 Å². The van der Waals surface area contributed by atoms with E-state index in [4.69, 9.17) is 4.74 Å². The number of benzene rings is 1. The molecule has 0 spiro atoms. The standard InChI is InChI=1S/C21H27N5O/c1-14-11-26(12-15(2)27-14)18-6-4-17(5-7-18)25-21-19-9-16(10-22)3-8-20(19)23-13-24-21/h3,8-9,13-15,17-18H,4-7,11-12H2,1-2H3,(H,23,24,25)/t14?,15?,17-,18-. The van der Waals surface area contributed by atoms with E-state index in [1.165, 1.54) is 12.8 Å². The topological polar surface area (TPSA) is 74.1 Å². The Morgan fingerprint density at radius 2 is 1.85 bits per heavy atom. The van der Waals surface area contributed by atoms with Gasteiger partial charge in [-0.15, -0.1) is 0 Å². The molecular weight excluding hydrogens is 338 g/mol. The molecule has 1 N–H and O–H groups in total. The fourth-order valence-corrected chi connectivity index (χ4v) is 4.54. The average molecular weight is 365 g/mol. The Labute approximate surface area is 160 Å². The number of anilines is 1. The number of aromatic nitrogens is 2. The van der Waals surface area contributed by atoms with Crippen LogP contribution in [-0.4, -0.2) is 52.2 Å². The first-order chi connectivity index (χ1) is 13.1. The summed E-state index contributed by atoms with van der Waals surface area (Å²) in [4.78, 5) is 11.4. The van der Waals surface area contributed by atoms with Crippen molar-refractivity contribution in [2.24, 2.45) is 0 Å². The van der Waals surface area contributed by atoms with Gasteiger partial charge in [0.15, 0.2) is 0 Å². The van der Waals surface area contributed by atoms with E-state index in [1.54, 1.807) is 12.4 Å². The van der Waals surface area contributed by atoms with Crippen LogP contribution in [0, 0.1) is 11.3 Å². The van der Waals surface area contributed by atoms with Gasteiger partial charge in [-0.3, -0.25) is 4.90 Å². The number of hydrogen-bond acceptors (Lipinski definition) is 6. The second-order valence-electron chi connectivity index (χ2n) is 7.93. The summed E-state index contributed by atoms with van der Waals surface area (Å²) in [6.45, 7) is 6.43. The highest BCUT2D eigenvalue weighted by atomic mass is 16.5. The first-order valence-electron chi connectivity index (χ1n) is 9.93. The third-order valence-electron chi connectivity index (χ3n) is 5.77. The highest BCUT2D eigenvalue weighted by Gasteiger charge is 2.31. The van der Waals surface area contributed by atoms with E-state index < -0.39 is 0 Å². The molecule has 1 aromatic carbocycles. The van der Waals surface area contributed by atoms with Gasteiger partial charge < -0.3 is 10.1 Å². The van der Waals surface area contributed by atoms with Crippen LogP contribution in [0.2, 0.25) is 0 Å².